The van der Waals surface area contributed by atoms with Crippen LogP contribution in [-0.4, -0.2) is 164 Å². The standard InChI is InChI=1S/C40H81ClO12/c1-2-3-4-5-6-7-8-9-11-14-17-42-19-21-44-23-25-46-27-29-48-31-33-50-35-37-52-39-40-53-38-36-51-34-32-49-30-28-47-26-24-45-22-20-43-18-15-12-10-13-16-41/h2-40H2,1H3. The average Bonchev–Trinajstić information content (AvgIpc) is 3.17. The third kappa shape index (κ3) is 51.8. The lowest BCUT2D eigenvalue weighted by Crippen LogP contribution is -2.15. The monoisotopic (exact) mass is 789 g/mol. The van der Waals surface area contributed by atoms with Crippen LogP contribution in [-0.2, 0) is 56.8 Å². The Morgan fingerprint density at radius 1 is 0.208 bits per heavy atom. The van der Waals surface area contributed by atoms with Gasteiger partial charge in [0.15, 0.2) is 0 Å². The topological polar surface area (TPSA) is 111 Å². The molecular weight excluding hydrogens is 708 g/mol. The van der Waals surface area contributed by atoms with Crippen molar-refractivity contribution in [2.45, 2.75) is 96.8 Å². The molecule has 0 rings (SSSR count). The fraction of sp³-hybridized carbons (Fsp3) is 1.00. The third-order valence-corrected chi connectivity index (χ3v) is 8.17. The van der Waals surface area contributed by atoms with Gasteiger partial charge < -0.3 is 56.8 Å². The Hall–Kier alpha value is -0.190. The van der Waals surface area contributed by atoms with Crippen LogP contribution < -0.4 is 0 Å². The summed E-state index contributed by atoms with van der Waals surface area (Å²) in [6.45, 7) is 16.0. The van der Waals surface area contributed by atoms with Crippen LogP contribution in [0, 0.1) is 0 Å². The van der Waals surface area contributed by atoms with Crippen LogP contribution in [0.1, 0.15) is 96.8 Å². The van der Waals surface area contributed by atoms with Gasteiger partial charge in [0.2, 0.25) is 0 Å². The molecule has 320 valence electrons. The highest BCUT2D eigenvalue weighted by atomic mass is 35.5. The van der Waals surface area contributed by atoms with Gasteiger partial charge in [-0.15, -0.1) is 11.6 Å². The smallest absolute Gasteiger partial charge is 0.0701 e. The molecule has 0 spiro atoms. The summed E-state index contributed by atoms with van der Waals surface area (Å²) < 4.78 is 66.3. The van der Waals surface area contributed by atoms with E-state index in [-0.39, 0.29) is 0 Å². The highest BCUT2D eigenvalue weighted by Gasteiger charge is 1.98. The van der Waals surface area contributed by atoms with Crippen LogP contribution in [0.25, 0.3) is 0 Å². The maximum absolute atomic E-state index is 5.66. The molecule has 0 N–H and O–H groups in total. The van der Waals surface area contributed by atoms with E-state index in [1.54, 1.807) is 0 Å². The lowest BCUT2D eigenvalue weighted by Gasteiger charge is -2.09. The van der Waals surface area contributed by atoms with Crippen molar-refractivity contribution in [3.05, 3.63) is 0 Å². The first-order valence-corrected chi connectivity index (χ1v) is 21.4. The lowest BCUT2D eigenvalue weighted by molar-refractivity contribution is -0.0284. The van der Waals surface area contributed by atoms with Gasteiger partial charge in [-0.2, -0.15) is 0 Å². The molecule has 0 unspecified atom stereocenters. The van der Waals surface area contributed by atoms with E-state index >= 15 is 0 Å². The summed E-state index contributed by atoms with van der Waals surface area (Å²) in [5.41, 5.74) is 0. The molecule has 0 aliphatic heterocycles. The Balaban J connectivity index is 3.05. The van der Waals surface area contributed by atoms with Crippen LogP contribution in [0.5, 0.6) is 0 Å². The maximum atomic E-state index is 5.66. The average molecular weight is 790 g/mol. The molecule has 0 fully saturated rings. The summed E-state index contributed by atoms with van der Waals surface area (Å²) in [5, 5.41) is 0. The van der Waals surface area contributed by atoms with E-state index in [4.69, 9.17) is 68.4 Å². The number of ether oxygens (including phenoxy) is 12. The van der Waals surface area contributed by atoms with E-state index in [0.29, 0.717) is 145 Å². The minimum absolute atomic E-state index is 0.519. The Morgan fingerprint density at radius 3 is 0.585 bits per heavy atom. The molecule has 13 heteroatoms. The maximum Gasteiger partial charge on any atom is 0.0701 e. The van der Waals surface area contributed by atoms with Gasteiger partial charge >= 0.3 is 0 Å². The molecule has 0 saturated heterocycles. The number of alkyl halides is 1. The highest BCUT2D eigenvalue weighted by molar-refractivity contribution is 6.17. The van der Waals surface area contributed by atoms with Crippen LogP contribution in [0.3, 0.4) is 0 Å². The molecule has 0 atom stereocenters. The summed E-state index contributed by atoms with van der Waals surface area (Å²) in [4.78, 5) is 0. The van der Waals surface area contributed by atoms with E-state index in [9.17, 15) is 0 Å². The fourth-order valence-corrected chi connectivity index (χ4v) is 5.05. The normalized spacial score (nSPS) is 11.7. The van der Waals surface area contributed by atoms with Gasteiger partial charge in [0.1, 0.15) is 0 Å². The van der Waals surface area contributed by atoms with E-state index in [1.165, 1.54) is 70.6 Å². The minimum atomic E-state index is 0.519. The van der Waals surface area contributed by atoms with Crippen molar-refractivity contribution < 1.29 is 56.8 Å². The SMILES string of the molecule is CCCCCCCCCCCCOCCOCCOCCOCCOCCOCCOCCOCCOCCOCCOCCOCCCCCCCl. The van der Waals surface area contributed by atoms with Crippen LogP contribution in [0.2, 0.25) is 0 Å². The zero-order valence-corrected chi connectivity index (χ0v) is 34.6. The molecule has 0 bridgehead atoms. The van der Waals surface area contributed by atoms with Crippen molar-refractivity contribution >= 4 is 11.6 Å². The van der Waals surface area contributed by atoms with Crippen molar-refractivity contribution in [3.63, 3.8) is 0 Å². The Morgan fingerprint density at radius 2 is 0.377 bits per heavy atom. The molecule has 0 aromatic rings. The fourth-order valence-electron chi connectivity index (χ4n) is 4.86. The summed E-state index contributed by atoms with van der Waals surface area (Å²) in [5.74, 6) is 0.745. The highest BCUT2D eigenvalue weighted by Crippen LogP contribution is 2.10. The Kier molecular flexibility index (Phi) is 51.6. The van der Waals surface area contributed by atoms with Crippen molar-refractivity contribution in [1.82, 2.24) is 0 Å². The first-order valence-electron chi connectivity index (χ1n) is 20.9. The summed E-state index contributed by atoms with van der Waals surface area (Å²) >= 11 is 5.66. The Labute approximate surface area is 329 Å². The molecule has 12 nitrogen and oxygen atoms in total. The zero-order chi connectivity index (χ0) is 38.1. The van der Waals surface area contributed by atoms with Gasteiger partial charge in [-0.3, -0.25) is 0 Å². The summed E-state index contributed by atoms with van der Waals surface area (Å²) in [6.07, 6.45) is 17.9. The summed E-state index contributed by atoms with van der Waals surface area (Å²) in [7, 11) is 0. The number of halogens is 1. The van der Waals surface area contributed by atoms with Gasteiger partial charge in [-0.25, -0.2) is 0 Å². The number of hydrogen-bond donors (Lipinski definition) is 0. The van der Waals surface area contributed by atoms with Crippen LogP contribution >= 0.6 is 11.6 Å². The predicted molar refractivity (Wildman–Crippen MR) is 211 cm³/mol. The second kappa shape index (κ2) is 51.8. The second-order valence-electron chi connectivity index (χ2n) is 12.6. The van der Waals surface area contributed by atoms with Gasteiger partial charge in [-0.1, -0.05) is 77.6 Å². The molecule has 0 amide bonds. The largest absolute Gasteiger partial charge is 0.379 e. The van der Waals surface area contributed by atoms with Gasteiger partial charge in [0.05, 0.1) is 145 Å². The van der Waals surface area contributed by atoms with E-state index in [2.05, 4.69) is 6.92 Å². The van der Waals surface area contributed by atoms with Crippen LogP contribution in [0.4, 0.5) is 0 Å². The second-order valence-corrected chi connectivity index (χ2v) is 13.0. The van der Waals surface area contributed by atoms with Crippen LogP contribution in [0.15, 0.2) is 0 Å². The first-order chi connectivity index (χ1) is 26.4. The molecule has 0 aliphatic carbocycles. The molecule has 0 radical (unpaired) electrons. The first kappa shape index (κ1) is 52.8. The van der Waals surface area contributed by atoms with Gasteiger partial charge in [0.25, 0.3) is 0 Å². The van der Waals surface area contributed by atoms with E-state index in [0.717, 1.165) is 38.4 Å². The quantitative estimate of drug-likeness (QED) is 0.0472. The third-order valence-electron chi connectivity index (χ3n) is 7.91. The van der Waals surface area contributed by atoms with Crippen molar-refractivity contribution in [2.24, 2.45) is 0 Å². The Bertz CT molecular complexity index is 576. The molecule has 0 aromatic carbocycles. The predicted octanol–water partition coefficient (Wildman–Crippen LogP) is 6.91. The summed E-state index contributed by atoms with van der Waals surface area (Å²) in [6, 6.07) is 0. The van der Waals surface area contributed by atoms with Crippen molar-refractivity contribution in [2.75, 3.05) is 164 Å². The van der Waals surface area contributed by atoms with Crippen molar-refractivity contribution in [3.8, 4) is 0 Å². The molecule has 53 heavy (non-hydrogen) atoms. The molecule has 0 saturated carbocycles. The van der Waals surface area contributed by atoms with E-state index in [1.807, 2.05) is 0 Å². The van der Waals surface area contributed by atoms with Gasteiger partial charge in [0, 0.05) is 19.1 Å². The lowest BCUT2D eigenvalue weighted by atomic mass is 10.1. The minimum Gasteiger partial charge on any atom is -0.379 e. The molecular formula is C40H81ClO12. The zero-order valence-electron chi connectivity index (χ0n) is 33.9. The molecule has 0 heterocycles. The van der Waals surface area contributed by atoms with Crippen molar-refractivity contribution in [1.29, 1.82) is 0 Å². The molecule has 0 aliphatic rings. The number of rotatable bonds is 50. The number of hydrogen-bond acceptors (Lipinski definition) is 12. The van der Waals surface area contributed by atoms with Gasteiger partial charge in [-0.05, 0) is 19.3 Å². The molecule has 0 aromatic heterocycles. The number of unbranched alkanes of at least 4 members (excludes halogenated alkanes) is 12. The van der Waals surface area contributed by atoms with E-state index < -0.39 is 0 Å².